The van der Waals surface area contributed by atoms with E-state index in [-0.39, 0.29) is 23.7 Å². The third-order valence-electron chi connectivity index (χ3n) is 6.22. The van der Waals surface area contributed by atoms with Gasteiger partial charge in [0, 0.05) is 21.5 Å². The SMILES string of the molecule is O=C(c1ccc(F)cc1)N1N=C2/C(=C/c3ccc(Cl)cc3)CCCC2C1c1ccc(Cl)cc1. The number of hydrazone groups is 1. The molecule has 0 saturated heterocycles. The first-order valence-electron chi connectivity index (χ1n) is 10.9. The van der Waals surface area contributed by atoms with Gasteiger partial charge in [0.1, 0.15) is 5.82 Å². The Labute approximate surface area is 202 Å². The number of carbonyl (C=O) groups is 1. The van der Waals surface area contributed by atoms with Crippen molar-refractivity contribution in [3.05, 3.63) is 111 Å². The van der Waals surface area contributed by atoms with Gasteiger partial charge in [-0.15, -0.1) is 0 Å². The minimum absolute atomic E-state index is 0.0721. The first kappa shape index (κ1) is 21.9. The number of allylic oxidation sites excluding steroid dienone is 1. The molecular weight excluding hydrogens is 458 g/mol. The number of benzene rings is 3. The van der Waals surface area contributed by atoms with Crippen molar-refractivity contribution in [1.29, 1.82) is 0 Å². The predicted molar refractivity (Wildman–Crippen MR) is 131 cm³/mol. The topological polar surface area (TPSA) is 32.7 Å². The van der Waals surface area contributed by atoms with Crippen LogP contribution in [0.4, 0.5) is 4.39 Å². The molecule has 5 rings (SSSR count). The van der Waals surface area contributed by atoms with E-state index in [4.69, 9.17) is 28.3 Å². The van der Waals surface area contributed by atoms with Gasteiger partial charge in [0.25, 0.3) is 5.91 Å². The number of nitrogens with zero attached hydrogens (tertiary/aromatic N) is 2. The number of halogens is 3. The molecule has 3 aromatic rings. The summed E-state index contributed by atoms with van der Waals surface area (Å²) in [4.78, 5) is 13.5. The number of hydrogen-bond donors (Lipinski definition) is 0. The Morgan fingerprint density at radius 1 is 0.939 bits per heavy atom. The Kier molecular flexibility index (Phi) is 6.05. The van der Waals surface area contributed by atoms with E-state index in [1.807, 2.05) is 48.5 Å². The summed E-state index contributed by atoms with van der Waals surface area (Å²) in [5, 5.41) is 7.76. The molecule has 1 saturated carbocycles. The van der Waals surface area contributed by atoms with E-state index in [0.717, 1.165) is 41.7 Å². The lowest BCUT2D eigenvalue weighted by molar-refractivity contribution is 0.0681. The number of carbonyl (C=O) groups excluding carboxylic acids is 1. The van der Waals surface area contributed by atoms with Crippen molar-refractivity contribution in [2.75, 3.05) is 0 Å². The van der Waals surface area contributed by atoms with Crippen molar-refractivity contribution in [3.8, 4) is 0 Å². The molecule has 33 heavy (non-hydrogen) atoms. The summed E-state index contributed by atoms with van der Waals surface area (Å²) in [6.45, 7) is 0. The molecule has 2 atom stereocenters. The van der Waals surface area contributed by atoms with E-state index in [1.165, 1.54) is 24.3 Å². The highest BCUT2D eigenvalue weighted by Crippen LogP contribution is 2.45. The van der Waals surface area contributed by atoms with Crippen LogP contribution in [0.3, 0.4) is 0 Å². The highest BCUT2D eigenvalue weighted by molar-refractivity contribution is 6.30. The predicted octanol–water partition coefficient (Wildman–Crippen LogP) is 7.57. The van der Waals surface area contributed by atoms with Crippen LogP contribution < -0.4 is 0 Å². The van der Waals surface area contributed by atoms with Crippen molar-refractivity contribution >= 4 is 40.9 Å². The van der Waals surface area contributed by atoms with E-state index in [1.54, 1.807) is 5.01 Å². The van der Waals surface area contributed by atoms with Crippen LogP contribution in [0.5, 0.6) is 0 Å². The largest absolute Gasteiger partial charge is 0.274 e. The molecule has 2 aliphatic rings. The zero-order valence-corrected chi connectivity index (χ0v) is 19.2. The van der Waals surface area contributed by atoms with Crippen LogP contribution in [0.25, 0.3) is 6.08 Å². The number of amides is 1. The summed E-state index contributed by atoms with van der Waals surface area (Å²) in [5.74, 6) is -0.555. The van der Waals surface area contributed by atoms with Gasteiger partial charge in [0.2, 0.25) is 0 Å². The molecule has 1 aliphatic heterocycles. The molecule has 166 valence electrons. The van der Waals surface area contributed by atoms with Gasteiger partial charge < -0.3 is 0 Å². The van der Waals surface area contributed by atoms with Gasteiger partial charge in [-0.3, -0.25) is 4.79 Å². The van der Waals surface area contributed by atoms with Crippen LogP contribution in [0.1, 0.15) is 46.8 Å². The van der Waals surface area contributed by atoms with Gasteiger partial charge >= 0.3 is 0 Å². The Bertz CT molecular complexity index is 1230. The molecule has 3 nitrogen and oxygen atoms in total. The van der Waals surface area contributed by atoms with E-state index in [0.29, 0.717) is 15.6 Å². The fraction of sp³-hybridized carbons (Fsp3) is 0.185. The molecule has 1 amide bonds. The fourth-order valence-electron chi connectivity index (χ4n) is 4.65. The zero-order chi connectivity index (χ0) is 22.9. The first-order valence-corrected chi connectivity index (χ1v) is 11.6. The van der Waals surface area contributed by atoms with E-state index < -0.39 is 0 Å². The van der Waals surface area contributed by atoms with E-state index >= 15 is 0 Å². The highest BCUT2D eigenvalue weighted by Gasteiger charge is 2.43. The normalized spacial score (nSPS) is 21.1. The molecule has 0 bridgehead atoms. The molecular formula is C27H21Cl2FN2O. The Balaban J connectivity index is 1.57. The van der Waals surface area contributed by atoms with Crippen LogP contribution in [0.15, 0.2) is 83.5 Å². The number of hydrogen-bond acceptors (Lipinski definition) is 2. The van der Waals surface area contributed by atoms with Gasteiger partial charge in [0.05, 0.1) is 11.8 Å². The van der Waals surface area contributed by atoms with Gasteiger partial charge in [0.15, 0.2) is 0 Å². The molecule has 0 N–H and O–H groups in total. The Hall–Kier alpha value is -2.95. The van der Waals surface area contributed by atoms with Crippen LogP contribution in [0.2, 0.25) is 10.0 Å². The fourth-order valence-corrected chi connectivity index (χ4v) is 4.90. The first-order chi connectivity index (χ1) is 16.0. The van der Waals surface area contributed by atoms with Crippen LogP contribution >= 0.6 is 23.2 Å². The molecule has 0 aromatic heterocycles. The van der Waals surface area contributed by atoms with Gasteiger partial charge in [-0.1, -0.05) is 47.5 Å². The lowest BCUT2D eigenvalue weighted by Gasteiger charge is -2.29. The molecule has 2 unspecified atom stereocenters. The number of fused-ring (bicyclic) bond motifs is 1. The smallest absolute Gasteiger partial charge is 0.267 e. The second-order valence-electron chi connectivity index (χ2n) is 8.36. The van der Waals surface area contributed by atoms with Crippen LogP contribution in [0, 0.1) is 11.7 Å². The van der Waals surface area contributed by atoms with Crippen molar-refractivity contribution in [1.82, 2.24) is 5.01 Å². The number of rotatable bonds is 3. The molecule has 3 aromatic carbocycles. The average molecular weight is 479 g/mol. The molecule has 6 heteroatoms. The van der Waals surface area contributed by atoms with Gasteiger partial charge in [-0.25, -0.2) is 9.40 Å². The quantitative estimate of drug-likeness (QED) is 0.381. The highest BCUT2D eigenvalue weighted by atomic mass is 35.5. The van der Waals surface area contributed by atoms with Crippen molar-refractivity contribution < 1.29 is 9.18 Å². The van der Waals surface area contributed by atoms with Gasteiger partial charge in [-0.05, 0) is 90.6 Å². The molecule has 0 radical (unpaired) electrons. The second kappa shape index (κ2) is 9.12. The summed E-state index contributed by atoms with van der Waals surface area (Å²) < 4.78 is 13.5. The maximum Gasteiger partial charge on any atom is 0.274 e. The molecule has 0 spiro atoms. The lowest BCUT2D eigenvalue weighted by Crippen LogP contribution is -2.31. The zero-order valence-electron chi connectivity index (χ0n) is 17.7. The Morgan fingerprint density at radius 3 is 2.24 bits per heavy atom. The van der Waals surface area contributed by atoms with Crippen molar-refractivity contribution in [3.63, 3.8) is 0 Å². The molecule has 1 fully saturated rings. The standard InChI is InChI=1S/C27H21Cl2FN2O/c28-21-10-4-17(5-11-21)16-20-2-1-3-24-25(20)31-32(26(24)18-6-12-22(29)13-7-18)27(33)19-8-14-23(30)15-9-19/h4-16,24,26H,1-3H2/b20-16+. The summed E-state index contributed by atoms with van der Waals surface area (Å²) in [6.07, 6.45) is 4.96. The van der Waals surface area contributed by atoms with Crippen LogP contribution in [-0.2, 0) is 0 Å². The van der Waals surface area contributed by atoms with Crippen molar-refractivity contribution in [2.24, 2.45) is 11.0 Å². The van der Waals surface area contributed by atoms with Crippen molar-refractivity contribution in [2.45, 2.75) is 25.3 Å². The summed E-state index contributed by atoms with van der Waals surface area (Å²) >= 11 is 12.2. The third kappa shape index (κ3) is 4.46. The monoisotopic (exact) mass is 478 g/mol. The van der Waals surface area contributed by atoms with Crippen LogP contribution in [-0.4, -0.2) is 16.6 Å². The van der Waals surface area contributed by atoms with E-state index in [9.17, 15) is 9.18 Å². The summed E-state index contributed by atoms with van der Waals surface area (Å²) in [5.41, 5.74) is 4.49. The second-order valence-corrected chi connectivity index (χ2v) is 9.23. The third-order valence-corrected chi connectivity index (χ3v) is 6.73. The van der Waals surface area contributed by atoms with Gasteiger partial charge in [-0.2, -0.15) is 5.10 Å². The minimum atomic E-state index is -0.379. The average Bonchev–Trinajstić information content (AvgIpc) is 3.22. The maximum atomic E-state index is 13.5. The molecule has 1 aliphatic carbocycles. The minimum Gasteiger partial charge on any atom is -0.267 e. The summed E-state index contributed by atoms with van der Waals surface area (Å²) in [7, 11) is 0. The summed E-state index contributed by atoms with van der Waals surface area (Å²) in [6, 6.07) is 20.6. The lowest BCUT2D eigenvalue weighted by atomic mass is 9.77. The Morgan fingerprint density at radius 2 is 1.58 bits per heavy atom. The molecule has 1 heterocycles. The van der Waals surface area contributed by atoms with E-state index in [2.05, 4.69) is 6.08 Å². The maximum absolute atomic E-state index is 13.5.